The van der Waals surface area contributed by atoms with Gasteiger partial charge in [-0.2, -0.15) is 10.5 Å². The quantitative estimate of drug-likeness (QED) is 0.564. The number of hydrogen-bond acceptors (Lipinski definition) is 7. The predicted molar refractivity (Wildman–Crippen MR) is 124 cm³/mol. The van der Waals surface area contributed by atoms with Gasteiger partial charge in [-0.3, -0.25) is 9.47 Å². The van der Waals surface area contributed by atoms with Crippen LogP contribution in [0.5, 0.6) is 0 Å². The van der Waals surface area contributed by atoms with Gasteiger partial charge in [0.2, 0.25) is 0 Å². The highest BCUT2D eigenvalue weighted by molar-refractivity contribution is 6.30. The molecule has 2 aliphatic heterocycles. The molecule has 2 aromatic heterocycles. The molecule has 2 aliphatic rings. The second-order valence-corrected chi connectivity index (χ2v) is 9.10. The monoisotopic (exact) mass is 476 g/mol. The zero-order valence-electron chi connectivity index (χ0n) is 18.6. The van der Waals surface area contributed by atoms with Crippen molar-refractivity contribution in [3.05, 3.63) is 64.1 Å². The predicted octanol–water partition coefficient (Wildman–Crippen LogP) is 3.94. The van der Waals surface area contributed by atoms with Crippen molar-refractivity contribution in [1.82, 2.24) is 24.6 Å². The van der Waals surface area contributed by atoms with E-state index in [2.05, 4.69) is 35.6 Å². The third kappa shape index (κ3) is 3.98. The first-order chi connectivity index (χ1) is 16.5. The van der Waals surface area contributed by atoms with Gasteiger partial charge < -0.3 is 4.90 Å². The van der Waals surface area contributed by atoms with Gasteiger partial charge in [-0.25, -0.2) is 9.37 Å². The maximum atomic E-state index is 13.7. The second kappa shape index (κ2) is 9.02. The van der Waals surface area contributed by atoms with Crippen LogP contribution in [0.25, 0.3) is 5.69 Å². The fourth-order valence-electron chi connectivity index (χ4n) is 4.72. The summed E-state index contributed by atoms with van der Waals surface area (Å²) in [5.74, 6) is 1.88. The van der Waals surface area contributed by atoms with Crippen molar-refractivity contribution >= 4 is 17.4 Å². The summed E-state index contributed by atoms with van der Waals surface area (Å²) in [6, 6.07) is 12.6. The molecular weight excluding hydrogens is 455 g/mol. The van der Waals surface area contributed by atoms with Crippen molar-refractivity contribution in [2.45, 2.75) is 44.8 Å². The molecule has 1 atom stereocenters. The smallest absolute Gasteiger partial charge is 0.178 e. The number of halogens is 2. The molecule has 1 fully saturated rings. The first-order valence-electron chi connectivity index (χ1n) is 11.2. The summed E-state index contributed by atoms with van der Waals surface area (Å²) in [6.07, 6.45) is 1.64. The zero-order valence-corrected chi connectivity index (χ0v) is 19.4. The first kappa shape index (κ1) is 22.3. The molecule has 0 aliphatic carbocycles. The van der Waals surface area contributed by atoms with Crippen LogP contribution in [-0.4, -0.2) is 43.8 Å². The Kier molecular flexibility index (Phi) is 5.91. The average Bonchev–Trinajstić information content (AvgIpc) is 3.19. The van der Waals surface area contributed by atoms with Gasteiger partial charge in [-0.1, -0.05) is 11.6 Å². The van der Waals surface area contributed by atoms with Crippen LogP contribution in [0, 0.1) is 28.5 Å². The number of pyridine rings is 1. The van der Waals surface area contributed by atoms with Crippen LogP contribution in [0.2, 0.25) is 5.02 Å². The van der Waals surface area contributed by atoms with Gasteiger partial charge in [0.15, 0.2) is 17.3 Å². The minimum Gasteiger partial charge on any atom is -0.357 e. The van der Waals surface area contributed by atoms with Crippen molar-refractivity contribution < 1.29 is 4.39 Å². The Morgan fingerprint density at radius 3 is 2.65 bits per heavy atom. The number of nitrogens with zero attached hydrogens (tertiary/aromatic N) is 8. The molecule has 0 N–H and O–H groups in total. The number of fused-ring (bicyclic) bond motifs is 3. The normalized spacial score (nSPS) is 17.3. The number of nitriles is 2. The van der Waals surface area contributed by atoms with E-state index in [1.54, 1.807) is 6.07 Å². The molecule has 10 heteroatoms. The van der Waals surface area contributed by atoms with E-state index in [0.29, 0.717) is 37.0 Å². The van der Waals surface area contributed by atoms with Gasteiger partial charge in [0.05, 0.1) is 24.3 Å². The molecule has 8 nitrogen and oxygen atoms in total. The van der Waals surface area contributed by atoms with Crippen LogP contribution in [0.4, 0.5) is 10.2 Å². The van der Waals surface area contributed by atoms with Crippen LogP contribution in [0.15, 0.2) is 30.3 Å². The number of hydrogen-bond donors (Lipinski definition) is 0. The highest BCUT2D eigenvalue weighted by Gasteiger charge is 2.31. The Hall–Kier alpha value is -3.53. The number of anilines is 1. The van der Waals surface area contributed by atoms with Gasteiger partial charge in [0.1, 0.15) is 17.7 Å². The highest BCUT2D eigenvalue weighted by atomic mass is 35.5. The zero-order chi connectivity index (χ0) is 23.8. The van der Waals surface area contributed by atoms with Crippen molar-refractivity contribution in [2.75, 3.05) is 18.0 Å². The number of piperidine rings is 1. The van der Waals surface area contributed by atoms with Crippen LogP contribution in [0.3, 0.4) is 0 Å². The van der Waals surface area contributed by atoms with Gasteiger partial charge in [-0.15, -0.1) is 10.2 Å². The van der Waals surface area contributed by atoms with Gasteiger partial charge in [0, 0.05) is 30.6 Å². The van der Waals surface area contributed by atoms with Crippen LogP contribution < -0.4 is 4.90 Å². The molecule has 0 bridgehead atoms. The van der Waals surface area contributed by atoms with E-state index < -0.39 is 5.82 Å². The largest absolute Gasteiger partial charge is 0.357 e. The third-order valence-corrected chi connectivity index (χ3v) is 6.85. The lowest BCUT2D eigenvalue weighted by Crippen LogP contribution is -2.34. The number of aromatic nitrogens is 4. The van der Waals surface area contributed by atoms with Crippen LogP contribution in [0.1, 0.15) is 48.6 Å². The summed E-state index contributed by atoms with van der Waals surface area (Å²) in [4.78, 5) is 8.31. The maximum Gasteiger partial charge on any atom is 0.178 e. The molecular formula is C24H22ClFN8. The number of rotatable bonds is 3. The maximum absolute atomic E-state index is 13.7. The van der Waals surface area contributed by atoms with E-state index in [1.807, 2.05) is 31.2 Å². The van der Waals surface area contributed by atoms with E-state index in [-0.39, 0.29) is 17.7 Å². The lowest BCUT2D eigenvalue weighted by Gasteiger charge is -2.32. The lowest BCUT2D eigenvalue weighted by molar-refractivity contribution is 0.225. The SMILES string of the molecule is CC(C#N)N1Cc2cc(Cl)ccc2-n2c(nnc2C2CCN(c3ccc(F)c(C#N)n3)CC2)C1. The third-order valence-electron chi connectivity index (χ3n) is 6.61. The van der Waals surface area contributed by atoms with E-state index in [4.69, 9.17) is 16.9 Å². The van der Waals surface area contributed by atoms with Crippen LogP contribution in [-0.2, 0) is 13.1 Å². The van der Waals surface area contributed by atoms with Crippen molar-refractivity contribution in [2.24, 2.45) is 0 Å². The summed E-state index contributed by atoms with van der Waals surface area (Å²) >= 11 is 6.31. The summed E-state index contributed by atoms with van der Waals surface area (Å²) in [7, 11) is 0. The topological polar surface area (TPSA) is 97.7 Å². The molecule has 172 valence electrons. The Morgan fingerprint density at radius 1 is 1.12 bits per heavy atom. The minimum atomic E-state index is -0.606. The summed E-state index contributed by atoms with van der Waals surface area (Å²) in [5.41, 5.74) is 1.84. The molecule has 1 unspecified atom stereocenters. The molecule has 0 radical (unpaired) electrons. The van der Waals surface area contributed by atoms with E-state index in [9.17, 15) is 9.65 Å². The molecule has 1 saturated heterocycles. The highest BCUT2D eigenvalue weighted by Crippen LogP contribution is 2.34. The minimum absolute atomic E-state index is 0.178. The summed E-state index contributed by atoms with van der Waals surface area (Å²) < 4.78 is 15.8. The van der Waals surface area contributed by atoms with Crippen LogP contribution >= 0.6 is 11.6 Å². The molecule has 4 heterocycles. The standard InChI is InChI=1S/C24H22ClFN8/c1-15(11-27)33-13-17-10-18(25)2-4-21(17)34-23(14-33)30-31-24(34)16-6-8-32(9-7-16)22-5-3-19(26)20(12-28)29-22/h2-5,10,15-16H,6-9,13-14H2,1H3. The number of benzene rings is 1. The fraction of sp³-hybridized carbons (Fsp3) is 0.375. The fourth-order valence-corrected chi connectivity index (χ4v) is 4.92. The van der Waals surface area contributed by atoms with E-state index in [1.165, 1.54) is 6.07 Å². The molecule has 1 aromatic carbocycles. The average molecular weight is 477 g/mol. The van der Waals surface area contributed by atoms with Gasteiger partial charge in [0.25, 0.3) is 0 Å². The Bertz CT molecular complexity index is 1320. The molecule has 3 aromatic rings. The molecule has 0 amide bonds. The summed E-state index contributed by atoms with van der Waals surface area (Å²) in [5, 5.41) is 28.3. The summed E-state index contributed by atoms with van der Waals surface area (Å²) in [6.45, 7) is 4.42. The van der Waals surface area contributed by atoms with Gasteiger partial charge in [-0.05, 0) is 55.7 Å². The van der Waals surface area contributed by atoms with Crippen molar-refractivity contribution in [1.29, 1.82) is 10.5 Å². The van der Waals surface area contributed by atoms with E-state index in [0.717, 1.165) is 35.7 Å². The van der Waals surface area contributed by atoms with Gasteiger partial charge >= 0.3 is 0 Å². The van der Waals surface area contributed by atoms with Crippen molar-refractivity contribution in [3.63, 3.8) is 0 Å². The second-order valence-electron chi connectivity index (χ2n) is 8.67. The lowest BCUT2D eigenvalue weighted by atomic mass is 9.95. The van der Waals surface area contributed by atoms with E-state index >= 15 is 0 Å². The first-order valence-corrected chi connectivity index (χ1v) is 11.5. The molecule has 0 spiro atoms. The Morgan fingerprint density at radius 2 is 1.91 bits per heavy atom. The Labute approximate surface area is 201 Å². The Balaban J connectivity index is 1.44. The van der Waals surface area contributed by atoms with Crippen molar-refractivity contribution in [3.8, 4) is 17.8 Å². The molecule has 0 saturated carbocycles. The molecule has 5 rings (SSSR count). The molecule has 34 heavy (non-hydrogen) atoms.